The summed E-state index contributed by atoms with van der Waals surface area (Å²) in [6.45, 7) is 3.41. The molecule has 1 aliphatic heterocycles. The molecule has 0 unspecified atom stereocenters. The van der Waals surface area contributed by atoms with Crippen LogP contribution in [-0.4, -0.2) is 65.9 Å². The van der Waals surface area contributed by atoms with E-state index >= 15 is 0 Å². The molecule has 3 aromatic rings. The van der Waals surface area contributed by atoms with Crippen LogP contribution in [0.5, 0.6) is 5.75 Å². The fraction of sp³-hybridized carbons (Fsp3) is 0.273. The second kappa shape index (κ2) is 9.27. The first-order chi connectivity index (χ1) is 15.4. The maximum absolute atomic E-state index is 13.2. The molecule has 1 saturated heterocycles. The number of piperazine rings is 1. The molecular weight excluding hydrogens is 448 g/mol. The average Bonchev–Trinajstić information content (AvgIpc) is 3.21. The number of nitrogens with zero attached hydrogens (tertiary/aromatic N) is 3. The van der Waals surface area contributed by atoms with E-state index in [-0.39, 0.29) is 23.9 Å². The molecule has 0 radical (unpaired) electrons. The van der Waals surface area contributed by atoms with Crippen molar-refractivity contribution in [3.63, 3.8) is 0 Å². The lowest BCUT2D eigenvalue weighted by atomic mass is 10.3. The van der Waals surface area contributed by atoms with E-state index in [0.29, 0.717) is 35.9 Å². The van der Waals surface area contributed by atoms with Gasteiger partial charge < -0.3 is 14.6 Å². The molecule has 1 amide bonds. The van der Waals surface area contributed by atoms with Crippen molar-refractivity contribution >= 4 is 28.1 Å². The molecule has 1 N–H and O–H groups in total. The summed E-state index contributed by atoms with van der Waals surface area (Å²) >= 11 is 5.36. The van der Waals surface area contributed by atoms with Gasteiger partial charge in [-0.3, -0.25) is 9.36 Å². The van der Waals surface area contributed by atoms with Crippen LogP contribution in [0.1, 0.15) is 17.4 Å². The Kier molecular flexibility index (Phi) is 6.45. The van der Waals surface area contributed by atoms with Crippen LogP contribution in [0.15, 0.2) is 65.7 Å². The molecule has 32 heavy (non-hydrogen) atoms. The third kappa shape index (κ3) is 4.34. The molecule has 2 heterocycles. The molecule has 0 aliphatic carbocycles. The van der Waals surface area contributed by atoms with E-state index in [1.807, 2.05) is 37.3 Å². The molecule has 0 bridgehead atoms. The molecule has 0 saturated carbocycles. The van der Waals surface area contributed by atoms with E-state index in [1.165, 1.54) is 4.31 Å². The number of para-hydroxylation sites is 1. The van der Waals surface area contributed by atoms with Crippen LogP contribution in [-0.2, 0) is 10.0 Å². The molecule has 8 nitrogen and oxygen atoms in total. The molecular formula is C22H24N4O4S2. The van der Waals surface area contributed by atoms with E-state index in [1.54, 1.807) is 39.9 Å². The van der Waals surface area contributed by atoms with Gasteiger partial charge >= 0.3 is 0 Å². The molecule has 1 aliphatic rings. The number of amides is 1. The summed E-state index contributed by atoms with van der Waals surface area (Å²) < 4.78 is 34.9. The Morgan fingerprint density at radius 2 is 1.69 bits per heavy atom. The standard InChI is InChI=1S/C22H24N4O4S2/c1-2-30-18-8-10-19(11-9-18)32(28,29)25-14-12-24(13-15-25)21(27)20-16-23-22(31)26(20)17-6-4-3-5-7-17/h3-11,16H,2,12-15H2,1H3,(H,23,31). The van der Waals surface area contributed by atoms with Crippen molar-refractivity contribution < 1.29 is 17.9 Å². The number of aromatic nitrogens is 2. The average molecular weight is 473 g/mol. The number of hydrogen-bond donors (Lipinski definition) is 1. The van der Waals surface area contributed by atoms with Crippen LogP contribution in [0.4, 0.5) is 0 Å². The zero-order valence-corrected chi connectivity index (χ0v) is 19.2. The van der Waals surface area contributed by atoms with Crippen molar-refractivity contribution in [2.45, 2.75) is 11.8 Å². The third-order valence-corrected chi connectivity index (χ3v) is 7.52. The fourth-order valence-corrected chi connectivity index (χ4v) is 5.36. The van der Waals surface area contributed by atoms with Gasteiger partial charge in [-0.1, -0.05) is 18.2 Å². The van der Waals surface area contributed by atoms with Crippen LogP contribution in [0.2, 0.25) is 0 Å². The Labute approximate surface area is 192 Å². The molecule has 0 atom stereocenters. The highest BCUT2D eigenvalue weighted by Gasteiger charge is 2.31. The van der Waals surface area contributed by atoms with Gasteiger partial charge in [-0.25, -0.2) is 8.42 Å². The predicted molar refractivity (Wildman–Crippen MR) is 123 cm³/mol. The fourth-order valence-electron chi connectivity index (χ4n) is 3.68. The lowest BCUT2D eigenvalue weighted by molar-refractivity contribution is 0.0689. The van der Waals surface area contributed by atoms with Gasteiger partial charge in [-0.2, -0.15) is 4.31 Å². The number of carbonyl (C=O) groups excluding carboxylic acids is 1. The number of sulfonamides is 1. The van der Waals surface area contributed by atoms with Gasteiger partial charge in [-0.05, 0) is 55.5 Å². The van der Waals surface area contributed by atoms with Crippen molar-refractivity contribution in [2.24, 2.45) is 0 Å². The monoisotopic (exact) mass is 472 g/mol. The number of rotatable bonds is 6. The number of benzene rings is 2. The van der Waals surface area contributed by atoms with E-state index in [0.717, 1.165) is 5.69 Å². The third-order valence-electron chi connectivity index (χ3n) is 5.31. The highest BCUT2D eigenvalue weighted by molar-refractivity contribution is 7.89. The van der Waals surface area contributed by atoms with Crippen molar-refractivity contribution in [3.8, 4) is 11.4 Å². The van der Waals surface area contributed by atoms with E-state index in [9.17, 15) is 13.2 Å². The van der Waals surface area contributed by atoms with Gasteiger partial charge in [0.05, 0.1) is 11.5 Å². The van der Waals surface area contributed by atoms with Gasteiger partial charge in [0.2, 0.25) is 10.0 Å². The summed E-state index contributed by atoms with van der Waals surface area (Å²) in [5.41, 5.74) is 1.21. The van der Waals surface area contributed by atoms with Crippen LogP contribution in [0.25, 0.3) is 5.69 Å². The topological polar surface area (TPSA) is 87.6 Å². The van der Waals surface area contributed by atoms with Crippen molar-refractivity contribution in [3.05, 3.63) is 71.3 Å². The number of H-pyrrole nitrogens is 1. The zero-order valence-electron chi connectivity index (χ0n) is 17.6. The Bertz CT molecular complexity index is 1240. The van der Waals surface area contributed by atoms with E-state index < -0.39 is 10.0 Å². The Hall–Kier alpha value is -2.95. The second-order valence-corrected chi connectivity index (χ2v) is 9.58. The Morgan fingerprint density at radius 3 is 2.31 bits per heavy atom. The number of ether oxygens (including phenoxy) is 1. The normalized spacial score (nSPS) is 15.0. The van der Waals surface area contributed by atoms with Crippen LogP contribution in [0.3, 0.4) is 0 Å². The van der Waals surface area contributed by atoms with Gasteiger partial charge in [0.25, 0.3) is 5.91 Å². The molecule has 4 rings (SSSR count). The van der Waals surface area contributed by atoms with Crippen molar-refractivity contribution in [1.29, 1.82) is 0 Å². The molecule has 1 aromatic heterocycles. The summed E-state index contributed by atoms with van der Waals surface area (Å²) in [6.07, 6.45) is 1.60. The van der Waals surface area contributed by atoms with Crippen LogP contribution in [0, 0.1) is 4.77 Å². The summed E-state index contributed by atoms with van der Waals surface area (Å²) in [5.74, 6) is 0.431. The largest absolute Gasteiger partial charge is 0.494 e. The van der Waals surface area contributed by atoms with Gasteiger partial charge in [0, 0.05) is 38.1 Å². The van der Waals surface area contributed by atoms with Gasteiger partial charge in [0.1, 0.15) is 11.4 Å². The van der Waals surface area contributed by atoms with E-state index in [2.05, 4.69) is 4.98 Å². The second-order valence-electron chi connectivity index (χ2n) is 7.25. The molecule has 2 aromatic carbocycles. The lowest BCUT2D eigenvalue weighted by Gasteiger charge is -2.34. The first kappa shape index (κ1) is 22.3. The van der Waals surface area contributed by atoms with Crippen molar-refractivity contribution in [1.82, 2.24) is 18.8 Å². The number of carbonyl (C=O) groups is 1. The molecule has 0 spiro atoms. The number of nitrogens with one attached hydrogen (secondary N) is 1. The van der Waals surface area contributed by atoms with E-state index in [4.69, 9.17) is 17.0 Å². The Morgan fingerprint density at radius 1 is 1.03 bits per heavy atom. The SMILES string of the molecule is CCOc1ccc(S(=O)(=O)N2CCN(C(=O)c3c[nH]c(=S)n3-c3ccccc3)CC2)cc1. The molecule has 168 valence electrons. The summed E-state index contributed by atoms with van der Waals surface area (Å²) in [7, 11) is -3.64. The minimum absolute atomic E-state index is 0.195. The number of aromatic amines is 1. The predicted octanol–water partition coefficient (Wildman–Crippen LogP) is 3.08. The minimum Gasteiger partial charge on any atom is -0.494 e. The molecule has 10 heteroatoms. The maximum atomic E-state index is 13.2. The summed E-state index contributed by atoms with van der Waals surface area (Å²) in [6, 6.07) is 15.8. The number of imidazole rings is 1. The smallest absolute Gasteiger partial charge is 0.272 e. The maximum Gasteiger partial charge on any atom is 0.272 e. The molecule has 1 fully saturated rings. The zero-order chi connectivity index (χ0) is 22.7. The van der Waals surface area contributed by atoms with Crippen LogP contribution >= 0.6 is 12.2 Å². The quantitative estimate of drug-likeness (QED) is 0.557. The van der Waals surface area contributed by atoms with Crippen molar-refractivity contribution in [2.75, 3.05) is 32.8 Å². The lowest BCUT2D eigenvalue weighted by Crippen LogP contribution is -2.50. The highest BCUT2D eigenvalue weighted by atomic mass is 32.2. The summed E-state index contributed by atoms with van der Waals surface area (Å²) in [4.78, 5) is 18.0. The Balaban J connectivity index is 1.47. The van der Waals surface area contributed by atoms with Crippen LogP contribution < -0.4 is 4.74 Å². The summed E-state index contributed by atoms with van der Waals surface area (Å²) in [5, 5.41) is 0. The first-order valence-corrected chi connectivity index (χ1v) is 12.1. The minimum atomic E-state index is -3.64. The van der Waals surface area contributed by atoms with Gasteiger partial charge in [0.15, 0.2) is 4.77 Å². The number of hydrogen-bond acceptors (Lipinski definition) is 5. The van der Waals surface area contributed by atoms with Gasteiger partial charge in [-0.15, -0.1) is 0 Å². The first-order valence-electron chi connectivity index (χ1n) is 10.3. The highest BCUT2D eigenvalue weighted by Crippen LogP contribution is 2.22.